The number of esters is 2. The van der Waals surface area contributed by atoms with Gasteiger partial charge >= 0.3 is 11.9 Å². The highest BCUT2D eigenvalue weighted by atomic mass is 35.5. The smallest absolute Gasteiger partial charge is 0.317 e. The van der Waals surface area contributed by atoms with Crippen molar-refractivity contribution < 1.29 is 14.3 Å². The average molecular weight is 247 g/mol. The predicted molar refractivity (Wildman–Crippen MR) is 56.9 cm³/mol. The molecule has 0 aliphatic carbocycles. The maximum atomic E-state index is 11.1. The Morgan fingerprint density at radius 3 is 2.53 bits per heavy atom. The van der Waals surface area contributed by atoms with E-state index in [9.17, 15) is 9.59 Å². The second-order valence-electron chi connectivity index (χ2n) is 2.88. The van der Waals surface area contributed by atoms with E-state index in [0.29, 0.717) is 15.6 Å². The van der Waals surface area contributed by atoms with Crippen molar-refractivity contribution in [3.8, 4) is 0 Å². The maximum absolute atomic E-state index is 11.1. The lowest BCUT2D eigenvalue weighted by Crippen LogP contribution is -2.11. The van der Waals surface area contributed by atoms with Crippen molar-refractivity contribution in [1.29, 1.82) is 0 Å². The summed E-state index contributed by atoms with van der Waals surface area (Å²) >= 11 is 11.5. The van der Waals surface area contributed by atoms with Crippen molar-refractivity contribution in [2.45, 2.75) is 13.3 Å². The van der Waals surface area contributed by atoms with Gasteiger partial charge in [0.1, 0.15) is 0 Å². The second kappa shape index (κ2) is 5.14. The third-order valence-electron chi connectivity index (χ3n) is 1.61. The van der Waals surface area contributed by atoms with Gasteiger partial charge in [0.25, 0.3) is 0 Å². The highest BCUT2D eigenvalue weighted by molar-refractivity contribution is 6.35. The van der Waals surface area contributed by atoms with Gasteiger partial charge in [0.15, 0.2) is 0 Å². The first-order valence-electron chi connectivity index (χ1n) is 4.14. The first kappa shape index (κ1) is 12.0. The normalized spacial score (nSPS) is 9.80. The summed E-state index contributed by atoms with van der Waals surface area (Å²) in [4.78, 5) is 21.6. The molecule has 0 aliphatic heterocycles. The van der Waals surface area contributed by atoms with Crippen LogP contribution in [0.5, 0.6) is 0 Å². The minimum absolute atomic E-state index is 0.0460. The Morgan fingerprint density at radius 1 is 1.33 bits per heavy atom. The molecule has 0 heterocycles. The Bertz CT molecular complexity index is 402. The van der Waals surface area contributed by atoms with Crippen molar-refractivity contribution >= 4 is 35.1 Å². The Balaban J connectivity index is 2.72. The van der Waals surface area contributed by atoms with Crippen LogP contribution < -0.4 is 0 Å². The lowest BCUT2D eigenvalue weighted by molar-refractivity contribution is -0.157. The molecule has 0 saturated heterocycles. The first-order chi connectivity index (χ1) is 6.99. The van der Waals surface area contributed by atoms with Gasteiger partial charge in [-0.1, -0.05) is 29.3 Å². The summed E-state index contributed by atoms with van der Waals surface area (Å²) in [7, 11) is 0. The molecule has 5 heteroatoms. The summed E-state index contributed by atoms with van der Waals surface area (Å²) in [6.07, 6.45) is -0.0460. The molecule has 0 N–H and O–H groups in total. The minimum Gasteiger partial charge on any atom is -0.393 e. The van der Waals surface area contributed by atoms with E-state index in [-0.39, 0.29) is 6.42 Å². The van der Waals surface area contributed by atoms with Crippen LogP contribution in [0.2, 0.25) is 10.0 Å². The summed E-state index contributed by atoms with van der Waals surface area (Å²) in [6, 6.07) is 4.76. The van der Waals surface area contributed by atoms with E-state index in [1.165, 1.54) is 13.0 Å². The van der Waals surface area contributed by atoms with Crippen molar-refractivity contribution in [2.75, 3.05) is 0 Å². The molecule has 1 rings (SSSR count). The number of halogens is 2. The highest BCUT2D eigenvalue weighted by Crippen LogP contribution is 2.21. The van der Waals surface area contributed by atoms with Crippen molar-refractivity contribution in [1.82, 2.24) is 0 Å². The zero-order chi connectivity index (χ0) is 11.4. The number of rotatable bonds is 2. The third kappa shape index (κ3) is 3.90. The van der Waals surface area contributed by atoms with Crippen molar-refractivity contribution in [3.63, 3.8) is 0 Å². The van der Waals surface area contributed by atoms with Gasteiger partial charge in [0.05, 0.1) is 6.42 Å². The lowest BCUT2D eigenvalue weighted by Gasteiger charge is -2.03. The van der Waals surface area contributed by atoms with E-state index in [0.717, 1.165) is 0 Å². The van der Waals surface area contributed by atoms with Crippen LogP contribution in [0.25, 0.3) is 0 Å². The molecule has 0 fully saturated rings. The van der Waals surface area contributed by atoms with Gasteiger partial charge in [-0.2, -0.15) is 0 Å². The van der Waals surface area contributed by atoms with Crippen LogP contribution in [0, 0.1) is 0 Å². The molecule has 1 aromatic rings. The fraction of sp³-hybridized carbons (Fsp3) is 0.200. The monoisotopic (exact) mass is 246 g/mol. The Kier molecular flexibility index (Phi) is 4.12. The van der Waals surface area contributed by atoms with Gasteiger partial charge < -0.3 is 4.74 Å². The molecule has 0 aliphatic rings. The summed E-state index contributed by atoms with van der Waals surface area (Å²) in [6.45, 7) is 1.17. The minimum atomic E-state index is -0.634. The van der Waals surface area contributed by atoms with Crippen LogP contribution in [0.15, 0.2) is 18.2 Å². The second-order valence-corrected chi connectivity index (χ2v) is 3.72. The quantitative estimate of drug-likeness (QED) is 0.596. The van der Waals surface area contributed by atoms with E-state index in [4.69, 9.17) is 23.2 Å². The molecule has 0 amide bonds. The number of hydrogen-bond donors (Lipinski definition) is 0. The summed E-state index contributed by atoms with van der Waals surface area (Å²) in [5.74, 6) is -1.27. The molecule has 0 radical (unpaired) electrons. The van der Waals surface area contributed by atoms with Gasteiger partial charge in [-0.25, -0.2) is 0 Å². The maximum Gasteiger partial charge on any atom is 0.317 e. The summed E-state index contributed by atoms with van der Waals surface area (Å²) < 4.78 is 4.37. The summed E-state index contributed by atoms with van der Waals surface area (Å²) in [5.41, 5.74) is 0.576. The van der Waals surface area contributed by atoms with E-state index in [2.05, 4.69) is 4.74 Å². The SMILES string of the molecule is CC(=O)OC(=O)Cc1ccc(Cl)cc1Cl. The largest absolute Gasteiger partial charge is 0.393 e. The fourth-order valence-electron chi connectivity index (χ4n) is 1.02. The Labute approximate surface area is 96.9 Å². The van der Waals surface area contributed by atoms with E-state index >= 15 is 0 Å². The van der Waals surface area contributed by atoms with Crippen molar-refractivity contribution in [3.05, 3.63) is 33.8 Å². The third-order valence-corrected chi connectivity index (χ3v) is 2.19. The fourth-order valence-corrected chi connectivity index (χ4v) is 1.49. The number of benzene rings is 1. The Morgan fingerprint density at radius 2 is 2.00 bits per heavy atom. The van der Waals surface area contributed by atoms with Crippen LogP contribution >= 0.6 is 23.2 Å². The topological polar surface area (TPSA) is 43.4 Å². The summed E-state index contributed by atoms with van der Waals surface area (Å²) in [5, 5.41) is 0.867. The molecular weight excluding hydrogens is 239 g/mol. The van der Waals surface area contributed by atoms with Crippen LogP contribution in [0.1, 0.15) is 12.5 Å². The zero-order valence-corrected chi connectivity index (χ0v) is 9.43. The standard InChI is InChI=1S/C10H8Cl2O3/c1-6(13)15-10(14)4-7-2-3-8(11)5-9(7)12/h2-3,5H,4H2,1H3. The molecule has 0 unspecified atom stereocenters. The number of carbonyl (C=O) groups is 2. The molecule has 0 saturated carbocycles. The number of hydrogen-bond acceptors (Lipinski definition) is 3. The van der Waals surface area contributed by atoms with Gasteiger partial charge in [-0.15, -0.1) is 0 Å². The highest BCUT2D eigenvalue weighted by Gasteiger charge is 2.10. The van der Waals surface area contributed by atoms with E-state index < -0.39 is 11.9 Å². The van der Waals surface area contributed by atoms with Gasteiger partial charge in [0.2, 0.25) is 0 Å². The molecular formula is C10H8Cl2O3. The number of ether oxygens (including phenoxy) is 1. The number of carbonyl (C=O) groups excluding carboxylic acids is 2. The van der Waals surface area contributed by atoms with E-state index in [1.54, 1.807) is 12.1 Å². The van der Waals surface area contributed by atoms with E-state index in [1.807, 2.05) is 0 Å². The average Bonchev–Trinajstić information content (AvgIpc) is 2.08. The van der Waals surface area contributed by atoms with Crippen molar-refractivity contribution in [2.24, 2.45) is 0 Å². The predicted octanol–water partition coefficient (Wildman–Crippen LogP) is 2.63. The molecule has 80 valence electrons. The molecule has 15 heavy (non-hydrogen) atoms. The van der Waals surface area contributed by atoms with Gasteiger partial charge in [-0.05, 0) is 17.7 Å². The first-order valence-corrected chi connectivity index (χ1v) is 4.90. The van der Waals surface area contributed by atoms with Gasteiger partial charge in [0, 0.05) is 17.0 Å². The zero-order valence-electron chi connectivity index (χ0n) is 7.92. The lowest BCUT2D eigenvalue weighted by atomic mass is 10.1. The Hall–Kier alpha value is -1.06. The van der Waals surface area contributed by atoms with Gasteiger partial charge in [-0.3, -0.25) is 9.59 Å². The molecule has 0 spiro atoms. The van der Waals surface area contributed by atoms with Crippen LogP contribution in [-0.2, 0) is 20.7 Å². The molecule has 0 bridgehead atoms. The molecule has 0 aromatic heterocycles. The molecule has 0 atom stereocenters. The molecule has 1 aromatic carbocycles. The van der Waals surface area contributed by atoms with Crippen LogP contribution in [-0.4, -0.2) is 11.9 Å². The van der Waals surface area contributed by atoms with Crippen LogP contribution in [0.4, 0.5) is 0 Å². The molecule has 3 nitrogen and oxygen atoms in total. The van der Waals surface area contributed by atoms with Crippen LogP contribution in [0.3, 0.4) is 0 Å².